The first-order chi connectivity index (χ1) is 6.41. The summed E-state index contributed by atoms with van der Waals surface area (Å²) in [6.45, 7) is 3.23. The van der Waals surface area contributed by atoms with Crippen LogP contribution in [-0.4, -0.2) is 6.54 Å². The van der Waals surface area contributed by atoms with E-state index in [-0.39, 0.29) is 0 Å². The number of unbranched alkanes of at least 4 members (excludes halogenated alkanes) is 8. The Morgan fingerprint density at radius 3 is 1.69 bits per heavy atom. The zero-order valence-electron chi connectivity index (χ0n) is 9.15. The largest absolute Gasteiger partial charge is 0.271 e. The molecular formula is C11H26N2. The lowest BCUT2D eigenvalue weighted by molar-refractivity contribution is 0.553. The second kappa shape index (κ2) is 11.9. The third kappa shape index (κ3) is 11.9. The minimum absolute atomic E-state index is 0.968. The molecule has 13 heavy (non-hydrogen) atoms. The maximum absolute atomic E-state index is 5.17. The summed E-state index contributed by atoms with van der Waals surface area (Å²) in [5.74, 6) is 5.17. The Kier molecular flexibility index (Phi) is 11.8. The summed E-state index contributed by atoms with van der Waals surface area (Å²) >= 11 is 0. The van der Waals surface area contributed by atoms with E-state index in [0.29, 0.717) is 0 Å². The van der Waals surface area contributed by atoms with Crippen molar-refractivity contribution in [2.75, 3.05) is 6.54 Å². The molecule has 0 fully saturated rings. The molecule has 0 aromatic rings. The number of rotatable bonds is 10. The Morgan fingerprint density at radius 2 is 1.23 bits per heavy atom. The zero-order chi connectivity index (χ0) is 9.78. The quantitative estimate of drug-likeness (QED) is 0.313. The van der Waals surface area contributed by atoms with E-state index in [2.05, 4.69) is 12.3 Å². The fourth-order valence-electron chi connectivity index (χ4n) is 1.54. The number of hydrogen-bond donors (Lipinski definition) is 2. The molecule has 3 N–H and O–H groups in total. The van der Waals surface area contributed by atoms with Gasteiger partial charge < -0.3 is 0 Å². The van der Waals surface area contributed by atoms with Crippen LogP contribution in [0.4, 0.5) is 0 Å². The molecule has 0 saturated heterocycles. The van der Waals surface area contributed by atoms with Gasteiger partial charge in [-0.3, -0.25) is 11.3 Å². The molecule has 0 aromatic carbocycles. The topological polar surface area (TPSA) is 38.0 Å². The van der Waals surface area contributed by atoms with Gasteiger partial charge in [0.1, 0.15) is 0 Å². The van der Waals surface area contributed by atoms with Crippen LogP contribution in [-0.2, 0) is 0 Å². The minimum Gasteiger partial charge on any atom is -0.271 e. The summed E-state index contributed by atoms with van der Waals surface area (Å²) in [6, 6.07) is 0. The van der Waals surface area contributed by atoms with Crippen molar-refractivity contribution in [1.82, 2.24) is 5.43 Å². The van der Waals surface area contributed by atoms with Crippen LogP contribution in [0, 0.1) is 0 Å². The van der Waals surface area contributed by atoms with Gasteiger partial charge in [0.2, 0.25) is 0 Å². The van der Waals surface area contributed by atoms with Crippen molar-refractivity contribution >= 4 is 0 Å². The first-order valence-electron chi connectivity index (χ1n) is 5.85. The normalized spacial score (nSPS) is 10.6. The third-order valence-corrected chi connectivity index (χ3v) is 2.42. The summed E-state index contributed by atoms with van der Waals surface area (Å²) in [4.78, 5) is 0. The first kappa shape index (κ1) is 12.9. The highest BCUT2D eigenvalue weighted by molar-refractivity contribution is 4.47. The maximum atomic E-state index is 5.17. The summed E-state index contributed by atoms with van der Waals surface area (Å²) in [5.41, 5.74) is 2.69. The molecule has 0 aliphatic carbocycles. The van der Waals surface area contributed by atoms with Gasteiger partial charge in [-0.15, -0.1) is 0 Å². The molecule has 0 radical (unpaired) electrons. The zero-order valence-corrected chi connectivity index (χ0v) is 9.15. The van der Waals surface area contributed by atoms with E-state index < -0.39 is 0 Å². The second-order valence-corrected chi connectivity index (χ2v) is 3.78. The Hall–Kier alpha value is -0.0800. The predicted molar refractivity (Wildman–Crippen MR) is 59.4 cm³/mol. The third-order valence-electron chi connectivity index (χ3n) is 2.42. The Balaban J connectivity index is 2.76. The smallest absolute Gasteiger partial charge is 0.00974 e. The molecule has 0 unspecified atom stereocenters. The summed E-state index contributed by atoms with van der Waals surface area (Å²) in [7, 11) is 0. The Morgan fingerprint density at radius 1 is 0.769 bits per heavy atom. The van der Waals surface area contributed by atoms with Gasteiger partial charge in [-0.25, -0.2) is 0 Å². The molecule has 2 nitrogen and oxygen atoms in total. The molecular weight excluding hydrogens is 160 g/mol. The average Bonchev–Trinajstić information content (AvgIpc) is 2.16. The molecule has 0 aliphatic rings. The summed E-state index contributed by atoms with van der Waals surface area (Å²) < 4.78 is 0. The Bertz CT molecular complexity index is 74.2. The standard InChI is InChI=1S/C11H26N2/c1-2-3-4-5-6-7-8-9-10-11-13-12/h13H,2-12H2,1H3. The lowest BCUT2D eigenvalue weighted by Crippen LogP contribution is -2.22. The van der Waals surface area contributed by atoms with E-state index >= 15 is 0 Å². The molecule has 80 valence electrons. The summed E-state index contributed by atoms with van der Waals surface area (Å²) in [6.07, 6.45) is 12.4. The fraction of sp³-hybridized carbons (Fsp3) is 1.00. The fourth-order valence-corrected chi connectivity index (χ4v) is 1.54. The highest BCUT2D eigenvalue weighted by Gasteiger charge is 1.90. The number of nitrogens with two attached hydrogens (primary N) is 1. The van der Waals surface area contributed by atoms with E-state index in [4.69, 9.17) is 5.84 Å². The first-order valence-corrected chi connectivity index (χ1v) is 5.85. The van der Waals surface area contributed by atoms with Crippen molar-refractivity contribution in [1.29, 1.82) is 0 Å². The molecule has 0 aromatic heterocycles. The number of nitrogens with one attached hydrogen (secondary N) is 1. The lowest BCUT2D eigenvalue weighted by atomic mass is 10.1. The van der Waals surface area contributed by atoms with E-state index in [1.54, 1.807) is 0 Å². The lowest BCUT2D eigenvalue weighted by Gasteiger charge is -2.01. The van der Waals surface area contributed by atoms with Crippen molar-refractivity contribution in [2.24, 2.45) is 5.84 Å². The van der Waals surface area contributed by atoms with Gasteiger partial charge in [0, 0.05) is 6.54 Å². The number of hydrazine groups is 1. The molecule has 0 bridgehead atoms. The molecule has 0 atom stereocenters. The van der Waals surface area contributed by atoms with E-state index in [9.17, 15) is 0 Å². The maximum Gasteiger partial charge on any atom is 0.00974 e. The summed E-state index contributed by atoms with van der Waals surface area (Å²) in [5, 5.41) is 0. The van der Waals surface area contributed by atoms with E-state index in [0.717, 1.165) is 6.54 Å². The van der Waals surface area contributed by atoms with Crippen LogP contribution < -0.4 is 11.3 Å². The molecule has 0 spiro atoms. The van der Waals surface area contributed by atoms with Gasteiger partial charge >= 0.3 is 0 Å². The minimum atomic E-state index is 0.968. The predicted octanol–water partition coefficient (Wildman–Crippen LogP) is 2.98. The molecule has 0 saturated carbocycles. The van der Waals surface area contributed by atoms with Crippen LogP contribution in [0.5, 0.6) is 0 Å². The van der Waals surface area contributed by atoms with Crippen LogP contribution >= 0.6 is 0 Å². The van der Waals surface area contributed by atoms with Crippen molar-refractivity contribution < 1.29 is 0 Å². The highest BCUT2D eigenvalue weighted by Crippen LogP contribution is 2.08. The van der Waals surface area contributed by atoms with Gasteiger partial charge in [0.05, 0.1) is 0 Å². The van der Waals surface area contributed by atoms with Crippen molar-refractivity contribution in [3.8, 4) is 0 Å². The van der Waals surface area contributed by atoms with Gasteiger partial charge in [-0.05, 0) is 6.42 Å². The van der Waals surface area contributed by atoms with Crippen molar-refractivity contribution in [3.63, 3.8) is 0 Å². The molecule has 2 heteroatoms. The average molecular weight is 186 g/mol. The van der Waals surface area contributed by atoms with Gasteiger partial charge in [0.25, 0.3) is 0 Å². The van der Waals surface area contributed by atoms with Crippen LogP contribution in [0.1, 0.15) is 64.7 Å². The SMILES string of the molecule is CCCCCCCCCCCNN. The molecule has 0 aliphatic heterocycles. The van der Waals surface area contributed by atoms with Gasteiger partial charge in [-0.1, -0.05) is 58.3 Å². The van der Waals surface area contributed by atoms with Gasteiger partial charge in [-0.2, -0.15) is 0 Å². The molecule has 0 amide bonds. The Labute approximate surface area is 83.2 Å². The van der Waals surface area contributed by atoms with E-state index in [1.807, 2.05) is 0 Å². The molecule has 0 heterocycles. The van der Waals surface area contributed by atoms with Crippen LogP contribution in [0.25, 0.3) is 0 Å². The van der Waals surface area contributed by atoms with Crippen LogP contribution in [0.2, 0.25) is 0 Å². The van der Waals surface area contributed by atoms with Gasteiger partial charge in [0.15, 0.2) is 0 Å². The van der Waals surface area contributed by atoms with Crippen LogP contribution in [0.15, 0.2) is 0 Å². The number of hydrogen-bond acceptors (Lipinski definition) is 2. The highest BCUT2D eigenvalue weighted by atomic mass is 15.2. The van der Waals surface area contributed by atoms with Crippen molar-refractivity contribution in [2.45, 2.75) is 64.7 Å². The monoisotopic (exact) mass is 186 g/mol. The van der Waals surface area contributed by atoms with E-state index in [1.165, 1.54) is 57.8 Å². The second-order valence-electron chi connectivity index (χ2n) is 3.78. The molecule has 0 rings (SSSR count). The van der Waals surface area contributed by atoms with Crippen LogP contribution in [0.3, 0.4) is 0 Å². The van der Waals surface area contributed by atoms with Crippen molar-refractivity contribution in [3.05, 3.63) is 0 Å².